The van der Waals surface area contributed by atoms with Gasteiger partial charge in [0.05, 0.1) is 0 Å². The standard InChI is InChI=1S/C12H22/c1-4-5-6-7-8-12-9-10(2)11(12)3/h8,10-11H,4-7,9H2,1-3H3. The van der Waals surface area contributed by atoms with Crippen molar-refractivity contribution in [2.45, 2.75) is 52.9 Å². The summed E-state index contributed by atoms with van der Waals surface area (Å²) in [7, 11) is 0. The second kappa shape index (κ2) is 4.69. The molecule has 0 amide bonds. The van der Waals surface area contributed by atoms with Crippen LogP contribution in [0.1, 0.15) is 52.9 Å². The van der Waals surface area contributed by atoms with Crippen LogP contribution in [0.15, 0.2) is 11.6 Å². The molecule has 0 radical (unpaired) electrons. The van der Waals surface area contributed by atoms with Crippen molar-refractivity contribution in [3.8, 4) is 0 Å². The highest BCUT2D eigenvalue weighted by Crippen LogP contribution is 2.39. The molecule has 1 saturated carbocycles. The molecule has 0 aromatic carbocycles. The normalized spacial score (nSPS) is 32.1. The quantitative estimate of drug-likeness (QED) is 0.434. The third-order valence-electron chi connectivity index (χ3n) is 3.21. The van der Waals surface area contributed by atoms with Crippen molar-refractivity contribution in [3.63, 3.8) is 0 Å². The van der Waals surface area contributed by atoms with E-state index in [0.29, 0.717) is 0 Å². The van der Waals surface area contributed by atoms with Crippen LogP contribution in [-0.2, 0) is 0 Å². The van der Waals surface area contributed by atoms with Gasteiger partial charge in [-0.05, 0) is 31.1 Å². The Morgan fingerprint density at radius 1 is 1.33 bits per heavy atom. The predicted molar refractivity (Wildman–Crippen MR) is 55.2 cm³/mol. The maximum Gasteiger partial charge on any atom is -0.0203 e. The molecular formula is C12H22. The monoisotopic (exact) mass is 166 g/mol. The van der Waals surface area contributed by atoms with Gasteiger partial charge in [-0.15, -0.1) is 0 Å². The minimum absolute atomic E-state index is 0.881. The molecule has 0 saturated heterocycles. The Labute approximate surface area is 77.1 Å². The van der Waals surface area contributed by atoms with E-state index >= 15 is 0 Å². The van der Waals surface area contributed by atoms with Crippen molar-refractivity contribution in [1.82, 2.24) is 0 Å². The van der Waals surface area contributed by atoms with E-state index in [9.17, 15) is 0 Å². The first-order chi connectivity index (χ1) is 5.75. The van der Waals surface area contributed by atoms with E-state index < -0.39 is 0 Å². The summed E-state index contributed by atoms with van der Waals surface area (Å²) in [6.07, 6.45) is 9.30. The third-order valence-corrected chi connectivity index (χ3v) is 3.21. The second-order valence-electron chi connectivity index (χ2n) is 4.24. The minimum atomic E-state index is 0.881. The van der Waals surface area contributed by atoms with Crippen LogP contribution in [-0.4, -0.2) is 0 Å². The van der Waals surface area contributed by atoms with Crippen LogP contribution in [0.3, 0.4) is 0 Å². The van der Waals surface area contributed by atoms with Gasteiger partial charge in [0.2, 0.25) is 0 Å². The molecule has 0 aromatic heterocycles. The van der Waals surface area contributed by atoms with Crippen molar-refractivity contribution in [1.29, 1.82) is 0 Å². The van der Waals surface area contributed by atoms with E-state index in [0.717, 1.165) is 11.8 Å². The molecule has 12 heavy (non-hydrogen) atoms. The van der Waals surface area contributed by atoms with Gasteiger partial charge in [0.25, 0.3) is 0 Å². The number of hydrogen-bond donors (Lipinski definition) is 0. The molecule has 70 valence electrons. The lowest BCUT2D eigenvalue weighted by Gasteiger charge is -2.34. The average Bonchev–Trinajstić information content (AvgIpc) is 2.10. The average molecular weight is 166 g/mol. The smallest absolute Gasteiger partial charge is 0.0203 e. The first-order valence-electron chi connectivity index (χ1n) is 5.44. The fraction of sp³-hybridized carbons (Fsp3) is 0.833. The second-order valence-corrected chi connectivity index (χ2v) is 4.24. The van der Waals surface area contributed by atoms with Crippen LogP contribution in [0.2, 0.25) is 0 Å². The molecule has 0 aromatic rings. The van der Waals surface area contributed by atoms with Crippen LogP contribution in [0, 0.1) is 11.8 Å². The highest BCUT2D eigenvalue weighted by Gasteiger charge is 2.27. The maximum absolute atomic E-state index is 2.49. The molecule has 2 atom stereocenters. The van der Waals surface area contributed by atoms with Gasteiger partial charge in [0.1, 0.15) is 0 Å². The summed E-state index contributed by atoms with van der Waals surface area (Å²) in [5.74, 6) is 1.83. The summed E-state index contributed by atoms with van der Waals surface area (Å²) in [6, 6.07) is 0. The Hall–Kier alpha value is -0.260. The van der Waals surface area contributed by atoms with Gasteiger partial charge in [0.15, 0.2) is 0 Å². The number of unbranched alkanes of at least 4 members (excludes halogenated alkanes) is 3. The van der Waals surface area contributed by atoms with Gasteiger partial charge in [-0.3, -0.25) is 0 Å². The fourth-order valence-electron chi connectivity index (χ4n) is 1.89. The van der Waals surface area contributed by atoms with E-state index in [-0.39, 0.29) is 0 Å². The molecule has 2 unspecified atom stereocenters. The minimum Gasteiger partial charge on any atom is -0.0850 e. The predicted octanol–water partition coefficient (Wildman–Crippen LogP) is 4.17. The van der Waals surface area contributed by atoms with Crippen molar-refractivity contribution in [2.24, 2.45) is 11.8 Å². The highest BCUT2D eigenvalue weighted by atomic mass is 14.3. The molecule has 0 heterocycles. The van der Waals surface area contributed by atoms with Gasteiger partial charge < -0.3 is 0 Å². The summed E-state index contributed by atoms with van der Waals surface area (Å²) in [5.41, 5.74) is 1.72. The lowest BCUT2D eigenvalue weighted by Crippen LogP contribution is -2.23. The van der Waals surface area contributed by atoms with Gasteiger partial charge >= 0.3 is 0 Å². The van der Waals surface area contributed by atoms with E-state index in [1.54, 1.807) is 5.57 Å². The molecule has 1 fully saturated rings. The zero-order valence-electron chi connectivity index (χ0n) is 8.77. The van der Waals surface area contributed by atoms with Crippen LogP contribution in [0.5, 0.6) is 0 Å². The molecule has 0 N–H and O–H groups in total. The summed E-state index contributed by atoms with van der Waals surface area (Å²) >= 11 is 0. The topological polar surface area (TPSA) is 0 Å². The lowest BCUT2D eigenvalue weighted by molar-refractivity contribution is 0.324. The van der Waals surface area contributed by atoms with E-state index in [1.807, 2.05) is 0 Å². The Morgan fingerprint density at radius 2 is 2.08 bits per heavy atom. The largest absolute Gasteiger partial charge is 0.0850 e. The van der Waals surface area contributed by atoms with E-state index in [1.165, 1.54) is 32.1 Å². The molecule has 0 nitrogen and oxygen atoms in total. The van der Waals surface area contributed by atoms with Crippen LogP contribution in [0.4, 0.5) is 0 Å². The Balaban J connectivity index is 2.12. The lowest BCUT2D eigenvalue weighted by atomic mass is 9.71. The molecule has 0 bridgehead atoms. The maximum atomic E-state index is 2.49. The van der Waals surface area contributed by atoms with Gasteiger partial charge in [-0.25, -0.2) is 0 Å². The first kappa shape index (κ1) is 9.83. The summed E-state index contributed by atoms with van der Waals surface area (Å²) in [4.78, 5) is 0. The number of rotatable bonds is 4. The highest BCUT2D eigenvalue weighted by molar-refractivity contribution is 5.16. The zero-order chi connectivity index (χ0) is 8.97. The van der Waals surface area contributed by atoms with Crippen LogP contribution >= 0.6 is 0 Å². The molecule has 0 aliphatic heterocycles. The third kappa shape index (κ3) is 2.36. The number of allylic oxidation sites excluding steroid dienone is 2. The van der Waals surface area contributed by atoms with Crippen LogP contribution in [0.25, 0.3) is 0 Å². The van der Waals surface area contributed by atoms with Gasteiger partial charge in [0, 0.05) is 0 Å². The Kier molecular flexibility index (Phi) is 3.84. The van der Waals surface area contributed by atoms with Gasteiger partial charge in [-0.2, -0.15) is 0 Å². The van der Waals surface area contributed by atoms with E-state index in [4.69, 9.17) is 0 Å². The van der Waals surface area contributed by atoms with Crippen molar-refractivity contribution in [3.05, 3.63) is 11.6 Å². The number of hydrogen-bond acceptors (Lipinski definition) is 0. The molecule has 1 aliphatic carbocycles. The SMILES string of the molecule is CCCCCC=C1CC(C)C1C. The van der Waals surface area contributed by atoms with Crippen molar-refractivity contribution in [2.75, 3.05) is 0 Å². The fourth-order valence-corrected chi connectivity index (χ4v) is 1.89. The van der Waals surface area contributed by atoms with E-state index in [2.05, 4.69) is 26.8 Å². The van der Waals surface area contributed by atoms with Crippen LogP contribution < -0.4 is 0 Å². The van der Waals surface area contributed by atoms with Crippen molar-refractivity contribution < 1.29 is 0 Å². The molecule has 0 spiro atoms. The molecule has 0 heteroatoms. The molecular weight excluding hydrogens is 144 g/mol. The van der Waals surface area contributed by atoms with Crippen molar-refractivity contribution >= 4 is 0 Å². The Morgan fingerprint density at radius 3 is 2.58 bits per heavy atom. The first-order valence-corrected chi connectivity index (χ1v) is 5.44. The zero-order valence-corrected chi connectivity index (χ0v) is 8.77. The summed E-state index contributed by atoms with van der Waals surface area (Å²) in [5, 5.41) is 0. The summed E-state index contributed by atoms with van der Waals surface area (Å²) < 4.78 is 0. The summed E-state index contributed by atoms with van der Waals surface area (Å²) in [6.45, 7) is 6.98. The van der Waals surface area contributed by atoms with Gasteiger partial charge in [-0.1, -0.05) is 45.3 Å². The molecule has 1 aliphatic rings. The molecule has 1 rings (SSSR count). The Bertz CT molecular complexity index is 155.